The van der Waals surface area contributed by atoms with Crippen LogP contribution in [0.2, 0.25) is 10.0 Å². The number of carbonyl (C=O) groups is 1. The number of aromatic nitrogens is 2. The summed E-state index contributed by atoms with van der Waals surface area (Å²) in [5.41, 5.74) is 3.72. The Kier molecular flexibility index (Phi) is 10.6. The second-order valence-electron chi connectivity index (χ2n) is 11.4. The fourth-order valence-corrected chi connectivity index (χ4v) is 7.44. The third-order valence-corrected chi connectivity index (χ3v) is 9.77. The maximum Gasteiger partial charge on any atom is 0.338 e. The molecular weight excluding hydrogens is 685 g/mol. The minimum absolute atomic E-state index is 0.0475. The molecule has 1 atom stereocenters. The van der Waals surface area contributed by atoms with Gasteiger partial charge in [0.2, 0.25) is 0 Å². The summed E-state index contributed by atoms with van der Waals surface area (Å²) in [6.45, 7) is 4.95. The minimum Gasteiger partial charge on any atom is -0.493 e. The molecule has 0 bridgehead atoms. The van der Waals surface area contributed by atoms with E-state index < -0.39 is 12.0 Å². The number of halogens is 2. The largest absolute Gasteiger partial charge is 0.493 e. The number of para-hydroxylation sites is 2. The van der Waals surface area contributed by atoms with Gasteiger partial charge in [-0.25, -0.2) is 9.79 Å². The minimum atomic E-state index is -0.885. The van der Waals surface area contributed by atoms with Gasteiger partial charge in [-0.1, -0.05) is 77.9 Å². The molecule has 254 valence electrons. The van der Waals surface area contributed by atoms with Crippen LogP contribution in [-0.2, 0) is 20.8 Å². The molecule has 2 aromatic heterocycles. The molecule has 3 aromatic carbocycles. The predicted molar refractivity (Wildman–Crippen MR) is 193 cm³/mol. The summed E-state index contributed by atoms with van der Waals surface area (Å²) in [4.78, 5) is 33.4. The molecule has 0 radical (unpaired) electrons. The Hall–Kier alpha value is -4.35. The van der Waals surface area contributed by atoms with Crippen LogP contribution in [0.1, 0.15) is 43.0 Å². The summed E-state index contributed by atoms with van der Waals surface area (Å²) in [5, 5.41) is 2.11. The lowest BCUT2D eigenvalue weighted by molar-refractivity contribution is -0.140. The van der Waals surface area contributed by atoms with Gasteiger partial charge in [0.1, 0.15) is 12.6 Å². The van der Waals surface area contributed by atoms with Crippen molar-refractivity contribution in [2.75, 3.05) is 34.0 Å². The molecule has 0 aliphatic carbocycles. The number of hydrogen-bond donors (Lipinski definition) is 0. The Bertz CT molecular complexity index is 2250. The summed E-state index contributed by atoms with van der Waals surface area (Å²) in [7, 11) is 3.09. The number of benzene rings is 3. The van der Waals surface area contributed by atoms with E-state index in [0.29, 0.717) is 55.3 Å². The van der Waals surface area contributed by atoms with E-state index in [1.807, 2.05) is 67.7 Å². The molecule has 49 heavy (non-hydrogen) atoms. The molecule has 9 nitrogen and oxygen atoms in total. The number of carbonyl (C=O) groups excluding carboxylic acids is 1. The molecule has 6 rings (SSSR count). The monoisotopic (exact) mass is 719 g/mol. The zero-order valence-electron chi connectivity index (χ0n) is 27.5. The first kappa shape index (κ1) is 34.5. The maximum absolute atomic E-state index is 14.5. The number of fused-ring (bicyclic) bond motifs is 2. The third-order valence-electron chi connectivity index (χ3n) is 8.20. The van der Waals surface area contributed by atoms with Gasteiger partial charge in [0.05, 0.1) is 36.1 Å². The number of esters is 1. The first-order valence-corrected chi connectivity index (χ1v) is 17.3. The van der Waals surface area contributed by atoms with Crippen LogP contribution in [0.25, 0.3) is 17.0 Å². The molecule has 0 saturated heterocycles. The summed E-state index contributed by atoms with van der Waals surface area (Å²) in [6, 6.07) is 18.0. The van der Waals surface area contributed by atoms with Crippen LogP contribution in [-0.4, -0.2) is 49.1 Å². The summed E-state index contributed by atoms with van der Waals surface area (Å²) >= 11 is 13.9. The van der Waals surface area contributed by atoms with Crippen molar-refractivity contribution in [3.8, 4) is 11.5 Å². The van der Waals surface area contributed by atoms with Crippen molar-refractivity contribution in [1.82, 2.24) is 9.13 Å². The molecule has 3 heterocycles. The molecule has 0 unspecified atom stereocenters. The molecule has 0 amide bonds. The standard InChI is InChI=1S/C37H35Cl2N3O6S/c1-5-15-47-34-27(10-8-12-30(34)46-4)33-32(36(44)48-17-16-45-3)22(2)40-37-42(33)35(43)31(49-37)18-24-21-41(29-11-7-6-9-26(24)29)20-23-13-14-25(38)19-28(23)39/h6-14,18-19,21,33H,5,15-17,20H2,1-4H3/b31-18+/t33-/m1/s1. The SMILES string of the molecule is CCCOc1c(OC)cccc1[C@@H]1C(C(=O)OCCOC)=C(C)N=c2s/c(=C/c3cn(Cc4ccc(Cl)cc4Cl)c4ccccc34)c(=O)n21. The van der Waals surface area contributed by atoms with E-state index >= 15 is 0 Å². The van der Waals surface area contributed by atoms with Crippen molar-refractivity contribution in [1.29, 1.82) is 0 Å². The fraction of sp³-hybridized carbons (Fsp3) is 0.270. The lowest BCUT2D eigenvalue weighted by atomic mass is 9.94. The van der Waals surface area contributed by atoms with Crippen LogP contribution >= 0.6 is 34.5 Å². The van der Waals surface area contributed by atoms with Gasteiger partial charge >= 0.3 is 5.97 Å². The number of thiazole rings is 1. The van der Waals surface area contributed by atoms with E-state index in [4.69, 9.17) is 47.1 Å². The Morgan fingerprint density at radius 1 is 1.04 bits per heavy atom. The number of rotatable bonds is 12. The Balaban J connectivity index is 1.52. The molecule has 0 fully saturated rings. The van der Waals surface area contributed by atoms with Crippen molar-refractivity contribution < 1.29 is 23.7 Å². The van der Waals surface area contributed by atoms with Gasteiger partial charge in [-0.05, 0) is 49.2 Å². The summed E-state index contributed by atoms with van der Waals surface area (Å²) in [6.07, 6.45) is 4.63. The van der Waals surface area contributed by atoms with E-state index in [9.17, 15) is 9.59 Å². The average molecular weight is 721 g/mol. The summed E-state index contributed by atoms with van der Waals surface area (Å²) < 4.78 is 26.7. The zero-order valence-corrected chi connectivity index (χ0v) is 29.8. The highest BCUT2D eigenvalue weighted by atomic mass is 35.5. The van der Waals surface area contributed by atoms with Crippen LogP contribution in [0, 0.1) is 0 Å². The van der Waals surface area contributed by atoms with E-state index in [1.165, 1.54) is 18.4 Å². The number of nitrogens with zero attached hydrogens (tertiary/aromatic N) is 3. The second kappa shape index (κ2) is 15.0. The van der Waals surface area contributed by atoms with Gasteiger partial charge in [-0.3, -0.25) is 9.36 Å². The first-order valence-electron chi connectivity index (χ1n) is 15.8. The van der Waals surface area contributed by atoms with Gasteiger partial charge in [-0.15, -0.1) is 0 Å². The van der Waals surface area contributed by atoms with E-state index in [2.05, 4.69) is 4.57 Å². The van der Waals surface area contributed by atoms with Gasteiger partial charge in [0.25, 0.3) is 5.56 Å². The molecule has 0 spiro atoms. The van der Waals surface area contributed by atoms with Crippen molar-refractivity contribution in [2.45, 2.75) is 32.9 Å². The second-order valence-corrected chi connectivity index (χ2v) is 13.3. The van der Waals surface area contributed by atoms with E-state index in [-0.39, 0.29) is 24.3 Å². The van der Waals surface area contributed by atoms with E-state index in [1.54, 1.807) is 30.7 Å². The highest BCUT2D eigenvalue weighted by Crippen LogP contribution is 2.41. The smallest absolute Gasteiger partial charge is 0.338 e. The highest BCUT2D eigenvalue weighted by Gasteiger charge is 2.36. The third kappa shape index (κ3) is 6.91. The van der Waals surface area contributed by atoms with Gasteiger partial charge in [0.15, 0.2) is 16.3 Å². The molecule has 0 N–H and O–H groups in total. The maximum atomic E-state index is 14.5. The van der Waals surface area contributed by atoms with Crippen LogP contribution in [0.15, 0.2) is 87.9 Å². The number of allylic oxidation sites excluding steroid dienone is 1. The lowest BCUT2D eigenvalue weighted by Crippen LogP contribution is -2.40. The topological polar surface area (TPSA) is 93.3 Å². The first-order chi connectivity index (χ1) is 23.7. The lowest BCUT2D eigenvalue weighted by Gasteiger charge is -2.27. The van der Waals surface area contributed by atoms with Crippen LogP contribution in [0.4, 0.5) is 0 Å². The van der Waals surface area contributed by atoms with E-state index in [0.717, 1.165) is 28.5 Å². The molecule has 1 aliphatic heterocycles. The Morgan fingerprint density at radius 2 is 1.86 bits per heavy atom. The highest BCUT2D eigenvalue weighted by molar-refractivity contribution is 7.07. The predicted octanol–water partition coefficient (Wildman–Crippen LogP) is 6.53. The van der Waals surface area contributed by atoms with Crippen LogP contribution in [0.5, 0.6) is 11.5 Å². The molecule has 1 aliphatic rings. The van der Waals surface area contributed by atoms with Gasteiger partial charge in [-0.2, -0.15) is 0 Å². The van der Waals surface area contributed by atoms with Crippen LogP contribution < -0.4 is 24.4 Å². The zero-order chi connectivity index (χ0) is 34.7. The quantitative estimate of drug-likeness (QED) is 0.108. The van der Waals surface area contributed by atoms with Crippen molar-refractivity contribution >= 4 is 57.5 Å². The van der Waals surface area contributed by atoms with Crippen molar-refractivity contribution in [3.05, 3.63) is 125 Å². The van der Waals surface area contributed by atoms with Crippen LogP contribution in [0.3, 0.4) is 0 Å². The van der Waals surface area contributed by atoms with Crippen molar-refractivity contribution in [3.63, 3.8) is 0 Å². The fourth-order valence-electron chi connectivity index (χ4n) is 5.94. The summed E-state index contributed by atoms with van der Waals surface area (Å²) in [5.74, 6) is 0.349. The Labute approximate surface area is 297 Å². The van der Waals surface area contributed by atoms with Gasteiger partial charge in [0, 0.05) is 51.9 Å². The number of hydrogen-bond acceptors (Lipinski definition) is 8. The molecule has 0 saturated carbocycles. The molecular formula is C37H35Cl2N3O6S. The molecule has 5 aromatic rings. The van der Waals surface area contributed by atoms with Crippen molar-refractivity contribution in [2.24, 2.45) is 4.99 Å². The Morgan fingerprint density at radius 3 is 2.61 bits per heavy atom. The number of ether oxygens (including phenoxy) is 4. The normalized spacial score (nSPS) is 14.6. The average Bonchev–Trinajstić information content (AvgIpc) is 3.59. The number of methoxy groups -OCH3 is 2. The van der Waals surface area contributed by atoms with Gasteiger partial charge < -0.3 is 23.5 Å². The molecule has 12 heteroatoms.